The number of carbonyl (C=O) groups is 1. The van der Waals surface area contributed by atoms with Crippen LogP contribution >= 0.6 is 15.9 Å². The summed E-state index contributed by atoms with van der Waals surface area (Å²) in [6.07, 6.45) is 0.447. The fourth-order valence-corrected chi connectivity index (χ4v) is 1.27. The summed E-state index contributed by atoms with van der Waals surface area (Å²) in [5.74, 6) is -0.567. The molecule has 0 bridgehead atoms. The lowest BCUT2D eigenvalue weighted by molar-refractivity contribution is 0.111. The molecule has 0 atom stereocenters. The van der Waals surface area contributed by atoms with Crippen LogP contribution in [-0.4, -0.2) is 13.4 Å². The lowest BCUT2D eigenvalue weighted by Gasteiger charge is -2.03. The van der Waals surface area contributed by atoms with E-state index in [1.165, 1.54) is 19.2 Å². The van der Waals surface area contributed by atoms with Gasteiger partial charge in [-0.2, -0.15) is 0 Å². The van der Waals surface area contributed by atoms with Crippen LogP contribution in [0.4, 0.5) is 4.39 Å². The quantitative estimate of drug-likeness (QED) is 0.733. The fourth-order valence-electron chi connectivity index (χ4n) is 0.819. The Hall–Kier alpha value is -0.900. The van der Waals surface area contributed by atoms with Gasteiger partial charge in [0.05, 0.1) is 12.7 Å². The molecule has 0 aromatic heterocycles. The number of benzene rings is 1. The average molecular weight is 233 g/mol. The maximum atomic E-state index is 13.1. The Morgan fingerprint density at radius 3 is 2.75 bits per heavy atom. The van der Waals surface area contributed by atoms with Gasteiger partial charge in [-0.25, -0.2) is 4.39 Å². The molecule has 0 fully saturated rings. The van der Waals surface area contributed by atoms with E-state index in [0.717, 1.165) is 0 Å². The van der Waals surface area contributed by atoms with Crippen molar-refractivity contribution in [2.24, 2.45) is 0 Å². The zero-order valence-electron chi connectivity index (χ0n) is 6.30. The van der Waals surface area contributed by atoms with E-state index in [1.807, 2.05) is 0 Å². The Labute approximate surface area is 77.5 Å². The van der Waals surface area contributed by atoms with Crippen LogP contribution in [0.1, 0.15) is 10.4 Å². The molecular weight excluding hydrogens is 227 g/mol. The molecule has 0 aliphatic carbocycles. The highest BCUT2D eigenvalue weighted by molar-refractivity contribution is 9.10. The van der Waals surface area contributed by atoms with Gasteiger partial charge in [0.2, 0.25) is 0 Å². The Kier molecular flexibility index (Phi) is 2.81. The Bertz CT molecular complexity index is 312. The number of hydrogen-bond acceptors (Lipinski definition) is 2. The van der Waals surface area contributed by atoms with Crippen LogP contribution in [0.2, 0.25) is 0 Å². The molecule has 0 amide bonds. The van der Waals surface area contributed by atoms with E-state index in [1.54, 1.807) is 0 Å². The molecule has 4 heteroatoms. The number of aldehydes is 1. The predicted octanol–water partition coefficient (Wildman–Crippen LogP) is 2.41. The van der Waals surface area contributed by atoms with E-state index < -0.39 is 5.82 Å². The second-order valence-corrected chi connectivity index (χ2v) is 3.04. The topological polar surface area (TPSA) is 26.3 Å². The number of rotatable bonds is 2. The first-order valence-electron chi connectivity index (χ1n) is 3.17. The molecule has 2 nitrogen and oxygen atoms in total. The molecule has 0 aliphatic heterocycles. The number of halogens is 2. The Balaban J connectivity index is 3.31. The fraction of sp³-hybridized carbons (Fsp3) is 0.125. The summed E-state index contributed by atoms with van der Waals surface area (Å²) >= 11 is 3.12. The molecule has 0 aliphatic rings. The van der Waals surface area contributed by atoms with Crippen LogP contribution in [0, 0.1) is 5.82 Å². The molecule has 0 spiro atoms. The summed E-state index contributed by atoms with van der Waals surface area (Å²) in [4.78, 5) is 10.3. The second-order valence-electron chi connectivity index (χ2n) is 2.13. The number of carbonyl (C=O) groups excluding carboxylic acids is 1. The molecule has 12 heavy (non-hydrogen) atoms. The predicted molar refractivity (Wildman–Crippen MR) is 46.0 cm³/mol. The van der Waals surface area contributed by atoms with E-state index >= 15 is 0 Å². The van der Waals surface area contributed by atoms with Crippen LogP contribution < -0.4 is 4.74 Å². The molecule has 0 unspecified atom stereocenters. The third kappa shape index (κ3) is 1.64. The van der Waals surface area contributed by atoms with E-state index in [2.05, 4.69) is 15.9 Å². The van der Waals surface area contributed by atoms with Gasteiger partial charge in [-0.05, 0) is 12.1 Å². The third-order valence-electron chi connectivity index (χ3n) is 1.38. The van der Waals surface area contributed by atoms with Crippen molar-refractivity contribution in [3.8, 4) is 5.75 Å². The van der Waals surface area contributed by atoms with Crippen molar-refractivity contribution >= 4 is 22.2 Å². The van der Waals surface area contributed by atoms with Crippen molar-refractivity contribution in [2.45, 2.75) is 0 Å². The van der Waals surface area contributed by atoms with Gasteiger partial charge in [-0.3, -0.25) is 4.79 Å². The highest BCUT2D eigenvalue weighted by Crippen LogP contribution is 2.24. The molecule has 0 saturated heterocycles. The molecule has 1 aromatic rings. The minimum Gasteiger partial charge on any atom is -0.494 e. The van der Waals surface area contributed by atoms with Crippen molar-refractivity contribution in [1.29, 1.82) is 0 Å². The van der Waals surface area contributed by atoms with Gasteiger partial charge < -0.3 is 4.74 Å². The molecule has 1 rings (SSSR count). The van der Waals surface area contributed by atoms with Crippen LogP contribution in [0.15, 0.2) is 16.6 Å². The first-order chi connectivity index (χ1) is 5.69. The van der Waals surface area contributed by atoms with E-state index in [-0.39, 0.29) is 11.3 Å². The summed E-state index contributed by atoms with van der Waals surface area (Å²) in [5.41, 5.74) is -0.0128. The monoisotopic (exact) mass is 232 g/mol. The number of hydrogen-bond donors (Lipinski definition) is 0. The van der Waals surface area contributed by atoms with E-state index in [4.69, 9.17) is 4.74 Å². The highest BCUT2D eigenvalue weighted by atomic mass is 79.9. The van der Waals surface area contributed by atoms with Crippen LogP contribution in [0.3, 0.4) is 0 Å². The Morgan fingerprint density at radius 2 is 2.25 bits per heavy atom. The number of ether oxygens (including phenoxy) is 1. The molecule has 0 radical (unpaired) electrons. The first kappa shape index (κ1) is 9.19. The molecule has 64 valence electrons. The van der Waals surface area contributed by atoms with E-state index in [9.17, 15) is 9.18 Å². The molecular formula is C8H6BrFO2. The van der Waals surface area contributed by atoms with E-state index in [0.29, 0.717) is 10.8 Å². The van der Waals surface area contributed by atoms with Crippen molar-refractivity contribution in [3.63, 3.8) is 0 Å². The third-order valence-corrected chi connectivity index (χ3v) is 1.84. The van der Waals surface area contributed by atoms with Gasteiger partial charge in [0.15, 0.2) is 17.9 Å². The maximum absolute atomic E-state index is 13.1. The van der Waals surface area contributed by atoms with Crippen LogP contribution in [0.5, 0.6) is 5.75 Å². The van der Waals surface area contributed by atoms with Gasteiger partial charge >= 0.3 is 0 Å². The molecule has 0 N–H and O–H groups in total. The highest BCUT2D eigenvalue weighted by Gasteiger charge is 2.09. The van der Waals surface area contributed by atoms with Crippen molar-refractivity contribution in [3.05, 3.63) is 28.0 Å². The summed E-state index contributed by atoms with van der Waals surface area (Å²) in [5, 5.41) is 0. The first-order valence-corrected chi connectivity index (χ1v) is 3.96. The van der Waals surface area contributed by atoms with Gasteiger partial charge in [0.25, 0.3) is 0 Å². The Morgan fingerprint density at radius 1 is 1.58 bits per heavy atom. The maximum Gasteiger partial charge on any atom is 0.175 e. The van der Waals surface area contributed by atoms with Crippen molar-refractivity contribution < 1.29 is 13.9 Å². The molecule has 0 saturated carbocycles. The minimum absolute atomic E-state index is 0.0128. The average Bonchev–Trinajstić information content (AvgIpc) is 2.08. The van der Waals surface area contributed by atoms with Crippen LogP contribution in [0.25, 0.3) is 0 Å². The van der Waals surface area contributed by atoms with Crippen molar-refractivity contribution in [2.75, 3.05) is 7.11 Å². The standard InChI is InChI=1S/C8H6BrFO2/c1-12-7-3-6(9)2-5(4-11)8(7)10/h2-4H,1H3. The number of methoxy groups -OCH3 is 1. The molecule has 0 heterocycles. The summed E-state index contributed by atoms with van der Waals surface area (Å²) in [6.45, 7) is 0. The zero-order chi connectivity index (χ0) is 9.14. The van der Waals surface area contributed by atoms with Crippen molar-refractivity contribution in [1.82, 2.24) is 0 Å². The largest absolute Gasteiger partial charge is 0.494 e. The van der Waals surface area contributed by atoms with Gasteiger partial charge in [0, 0.05) is 4.47 Å². The zero-order valence-corrected chi connectivity index (χ0v) is 7.89. The summed E-state index contributed by atoms with van der Waals surface area (Å²) in [6, 6.07) is 2.85. The van der Waals surface area contributed by atoms with Gasteiger partial charge in [-0.15, -0.1) is 0 Å². The SMILES string of the molecule is COc1cc(Br)cc(C=O)c1F. The van der Waals surface area contributed by atoms with Gasteiger partial charge in [-0.1, -0.05) is 15.9 Å². The normalized spacial score (nSPS) is 9.58. The minimum atomic E-state index is -0.629. The lowest BCUT2D eigenvalue weighted by atomic mass is 10.2. The summed E-state index contributed by atoms with van der Waals surface area (Å²) < 4.78 is 18.4. The van der Waals surface area contributed by atoms with Gasteiger partial charge in [0.1, 0.15) is 0 Å². The molecule has 1 aromatic carbocycles. The smallest absolute Gasteiger partial charge is 0.175 e. The lowest BCUT2D eigenvalue weighted by Crippen LogP contribution is -1.93. The van der Waals surface area contributed by atoms with Crippen LogP contribution in [-0.2, 0) is 0 Å². The second kappa shape index (κ2) is 3.67. The summed E-state index contributed by atoms with van der Waals surface area (Å²) in [7, 11) is 1.35.